The van der Waals surface area contributed by atoms with Crippen molar-refractivity contribution in [1.82, 2.24) is 4.98 Å². The Morgan fingerprint density at radius 3 is 2.56 bits per heavy atom. The molecular weight excluding hydrogens is 425 g/mol. The van der Waals surface area contributed by atoms with Gasteiger partial charge in [-0.1, -0.05) is 6.08 Å². The summed E-state index contributed by atoms with van der Waals surface area (Å²) in [6, 6.07) is 8.05. The zero-order chi connectivity index (χ0) is 22.9. The van der Waals surface area contributed by atoms with Crippen molar-refractivity contribution in [2.75, 3.05) is 13.7 Å². The maximum absolute atomic E-state index is 12.8. The highest BCUT2D eigenvalue weighted by Gasteiger charge is 2.54. The number of pyridine rings is 1. The van der Waals surface area contributed by atoms with Gasteiger partial charge >= 0.3 is 12.1 Å². The van der Waals surface area contributed by atoms with E-state index in [9.17, 15) is 23.1 Å². The van der Waals surface area contributed by atoms with Crippen LogP contribution in [0.1, 0.15) is 24.0 Å². The van der Waals surface area contributed by atoms with E-state index in [-0.39, 0.29) is 18.3 Å². The van der Waals surface area contributed by atoms with Gasteiger partial charge in [-0.2, -0.15) is 13.2 Å². The number of aliphatic carboxylic acids is 1. The Bertz CT molecular complexity index is 1050. The van der Waals surface area contributed by atoms with Gasteiger partial charge in [0.15, 0.2) is 0 Å². The zero-order valence-corrected chi connectivity index (χ0v) is 17.2. The minimum Gasteiger partial charge on any atom is -0.490 e. The molecule has 1 aliphatic heterocycles. The first-order valence-electron chi connectivity index (χ1n) is 10.0. The average molecular weight is 446 g/mol. The number of halogens is 3. The van der Waals surface area contributed by atoms with Crippen LogP contribution in [0.5, 0.6) is 5.75 Å². The fourth-order valence-electron chi connectivity index (χ4n) is 3.85. The average Bonchev–Trinajstić information content (AvgIpc) is 3.59. The van der Waals surface area contributed by atoms with Gasteiger partial charge in [0.2, 0.25) is 0 Å². The van der Waals surface area contributed by atoms with E-state index in [0.29, 0.717) is 24.3 Å². The van der Waals surface area contributed by atoms with Crippen LogP contribution in [0.2, 0.25) is 0 Å². The second-order valence-electron chi connectivity index (χ2n) is 7.83. The summed E-state index contributed by atoms with van der Waals surface area (Å²) in [5.74, 6) is -1.50. The van der Waals surface area contributed by atoms with Gasteiger partial charge < -0.3 is 14.6 Å². The molecule has 0 bridgehead atoms. The molecule has 168 valence electrons. The van der Waals surface area contributed by atoms with Crippen LogP contribution in [0, 0.1) is 11.8 Å². The number of rotatable bonds is 7. The lowest BCUT2D eigenvalue weighted by Gasteiger charge is -2.36. The molecule has 6 nitrogen and oxygen atoms in total. The van der Waals surface area contributed by atoms with Gasteiger partial charge in [-0.05, 0) is 42.8 Å². The topological polar surface area (TPSA) is 81.0 Å². The molecule has 0 radical (unpaired) electrons. The molecule has 0 saturated heterocycles. The summed E-state index contributed by atoms with van der Waals surface area (Å²) >= 11 is 0. The van der Waals surface area contributed by atoms with Gasteiger partial charge in [-0.25, -0.2) is 0 Å². The number of hydrogen-bond donors (Lipinski definition) is 1. The predicted molar refractivity (Wildman–Crippen MR) is 110 cm³/mol. The Morgan fingerprint density at radius 1 is 1.25 bits per heavy atom. The zero-order valence-electron chi connectivity index (χ0n) is 17.2. The number of carboxylic acids is 1. The minimum atomic E-state index is -4.43. The monoisotopic (exact) mass is 446 g/mol. The lowest BCUT2D eigenvalue weighted by atomic mass is 9.86. The molecule has 2 aliphatic rings. The molecule has 2 aromatic rings. The third-order valence-corrected chi connectivity index (χ3v) is 5.79. The summed E-state index contributed by atoms with van der Waals surface area (Å²) < 4.78 is 50.0. The van der Waals surface area contributed by atoms with Crippen LogP contribution in [0.25, 0.3) is 5.70 Å². The van der Waals surface area contributed by atoms with Crippen molar-refractivity contribution in [3.63, 3.8) is 0 Å². The lowest BCUT2D eigenvalue weighted by Crippen LogP contribution is -2.48. The second-order valence-corrected chi connectivity index (χ2v) is 7.83. The van der Waals surface area contributed by atoms with Crippen LogP contribution in [0.3, 0.4) is 0 Å². The molecule has 4 rings (SSSR count). The summed E-state index contributed by atoms with van der Waals surface area (Å²) in [5, 5.41) is 9.44. The van der Waals surface area contributed by atoms with Gasteiger partial charge in [0.25, 0.3) is 0 Å². The van der Waals surface area contributed by atoms with Gasteiger partial charge in [-0.3, -0.25) is 14.8 Å². The lowest BCUT2D eigenvalue weighted by molar-refractivity contribution is -0.139. The van der Waals surface area contributed by atoms with Crippen molar-refractivity contribution in [3.8, 4) is 5.75 Å². The van der Waals surface area contributed by atoms with Crippen molar-refractivity contribution in [2.24, 2.45) is 16.8 Å². The van der Waals surface area contributed by atoms with Crippen molar-refractivity contribution in [3.05, 3.63) is 66.0 Å². The molecule has 1 aromatic heterocycles. The molecule has 32 heavy (non-hydrogen) atoms. The number of nitrogens with zero attached hydrogens (tertiary/aromatic N) is 2. The van der Waals surface area contributed by atoms with E-state index in [0.717, 1.165) is 17.7 Å². The van der Waals surface area contributed by atoms with E-state index in [4.69, 9.17) is 14.5 Å². The van der Waals surface area contributed by atoms with Crippen LogP contribution in [0.4, 0.5) is 13.2 Å². The molecule has 1 aliphatic carbocycles. The van der Waals surface area contributed by atoms with Crippen molar-refractivity contribution in [2.45, 2.75) is 24.6 Å². The van der Waals surface area contributed by atoms with E-state index >= 15 is 0 Å². The summed E-state index contributed by atoms with van der Waals surface area (Å²) in [4.78, 5) is 20.4. The smallest absolute Gasteiger partial charge is 0.416 e. The Balaban J connectivity index is 1.59. The van der Waals surface area contributed by atoms with E-state index < -0.39 is 29.2 Å². The number of alkyl halides is 3. The molecule has 1 N–H and O–H groups in total. The minimum absolute atomic E-state index is 0.0205. The van der Waals surface area contributed by atoms with Crippen LogP contribution < -0.4 is 4.74 Å². The Morgan fingerprint density at radius 2 is 2.00 bits per heavy atom. The van der Waals surface area contributed by atoms with E-state index in [2.05, 4.69) is 4.98 Å². The predicted octanol–water partition coefficient (Wildman–Crippen LogP) is 4.47. The quantitative estimate of drug-likeness (QED) is 0.679. The largest absolute Gasteiger partial charge is 0.490 e. The highest BCUT2D eigenvalue weighted by atomic mass is 19.4. The molecule has 1 saturated carbocycles. The molecule has 3 atom stereocenters. The van der Waals surface area contributed by atoms with Crippen LogP contribution in [0.15, 0.2) is 59.9 Å². The number of carbonyl (C=O) groups is 1. The fourth-order valence-corrected chi connectivity index (χ4v) is 3.85. The molecule has 9 heteroatoms. The normalized spacial score (nSPS) is 25.0. The maximum atomic E-state index is 12.8. The highest BCUT2D eigenvalue weighted by Crippen LogP contribution is 2.46. The summed E-state index contributed by atoms with van der Waals surface area (Å²) in [7, 11) is 1.49. The highest BCUT2D eigenvalue weighted by molar-refractivity contribution is 6.04. The third-order valence-electron chi connectivity index (χ3n) is 5.79. The first-order chi connectivity index (χ1) is 15.2. The van der Waals surface area contributed by atoms with E-state index in [1.54, 1.807) is 18.5 Å². The summed E-state index contributed by atoms with van der Waals surface area (Å²) in [5.41, 5.74) is 0.249. The first kappa shape index (κ1) is 22.0. The standard InChI is InChI=1S/C23H21F3N2O4/c1-31-22(13-32-16-6-4-15(5-7-16)23(24,25)26)9-8-19(14-3-2-10-27-12-14)28-20(22)17-11-18(17)21(29)30/h2-8,10,12,17-18H,9,11,13H2,1H3,(H,29,30)/t17-,18-,22?/m1/s1. The molecule has 1 unspecified atom stereocenters. The van der Waals surface area contributed by atoms with Crippen LogP contribution in [-0.2, 0) is 15.7 Å². The summed E-state index contributed by atoms with van der Waals surface area (Å²) in [6.07, 6.45) is 1.58. The number of ether oxygens (including phenoxy) is 2. The van der Waals surface area contributed by atoms with Gasteiger partial charge in [0.05, 0.1) is 22.9 Å². The van der Waals surface area contributed by atoms with Gasteiger partial charge in [-0.15, -0.1) is 0 Å². The van der Waals surface area contributed by atoms with E-state index in [1.165, 1.54) is 19.2 Å². The molecular formula is C23H21F3N2O4. The van der Waals surface area contributed by atoms with Crippen LogP contribution in [-0.4, -0.2) is 41.1 Å². The van der Waals surface area contributed by atoms with Gasteiger partial charge in [0, 0.05) is 37.4 Å². The molecule has 0 spiro atoms. The summed E-state index contributed by atoms with van der Waals surface area (Å²) in [6.45, 7) is -0.0205. The van der Waals surface area contributed by atoms with Crippen molar-refractivity contribution < 1.29 is 32.5 Å². The molecule has 1 aromatic carbocycles. The van der Waals surface area contributed by atoms with Crippen LogP contribution >= 0.6 is 0 Å². The Kier molecular flexibility index (Phi) is 5.77. The van der Waals surface area contributed by atoms with Gasteiger partial charge in [0.1, 0.15) is 18.0 Å². The Labute approximate surface area is 182 Å². The first-order valence-corrected chi connectivity index (χ1v) is 10.0. The fraction of sp³-hybridized carbons (Fsp3) is 0.348. The Hall–Kier alpha value is -3.20. The number of aliphatic imine (C=N–C) groups is 1. The molecule has 2 heterocycles. The molecule has 1 fully saturated rings. The number of methoxy groups -OCH3 is 1. The number of aromatic nitrogens is 1. The van der Waals surface area contributed by atoms with Crippen molar-refractivity contribution in [1.29, 1.82) is 0 Å². The number of carboxylic acid groups (broad SMARTS) is 1. The van der Waals surface area contributed by atoms with E-state index in [1.807, 2.05) is 12.1 Å². The van der Waals surface area contributed by atoms with Crippen molar-refractivity contribution >= 4 is 17.4 Å². The third kappa shape index (κ3) is 4.38. The number of benzene rings is 1. The SMILES string of the molecule is COC1(COc2ccc(C(F)(F)F)cc2)CC=C(c2cccnc2)N=C1[C@@H]1C[C@H]1C(=O)O. The number of hydrogen-bond acceptors (Lipinski definition) is 5. The molecule has 0 amide bonds. The second kappa shape index (κ2) is 8.38. The maximum Gasteiger partial charge on any atom is 0.416 e.